The number of para-hydroxylation sites is 1. The number of benzene rings is 2. The van der Waals surface area contributed by atoms with Gasteiger partial charge in [-0.25, -0.2) is 4.90 Å². The maximum atomic E-state index is 12.6. The number of hydrogen-bond acceptors (Lipinski definition) is 3. The highest BCUT2D eigenvalue weighted by atomic mass is 35.5. The van der Waals surface area contributed by atoms with Gasteiger partial charge in [-0.2, -0.15) is 0 Å². The highest BCUT2D eigenvalue weighted by Crippen LogP contribution is 2.31. The van der Waals surface area contributed by atoms with E-state index in [-0.39, 0.29) is 18.2 Å². The molecule has 23 heavy (non-hydrogen) atoms. The number of amides is 2. The molecule has 3 rings (SSSR count). The van der Waals surface area contributed by atoms with Gasteiger partial charge in [0.05, 0.1) is 17.1 Å². The van der Waals surface area contributed by atoms with Crippen LogP contribution in [0.2, 0.25) is 5.02 Å². The number of nitrogens with one attached hydrogen (secondary N) is 1. The van der Waals surface area contributed by atoms with Crippen LogP contribution in [0.3, 0.4) is 0 Å². The number of nitrogens with zero attached hydrogens (tertiary/aromatic N) is 1. The monoisotopic (exact) mass is 328 g/mol. The molecule has 1 heterocycles. The van der Waals surface area contributed by atoms with Gasteiger partial charge in [-0.1, -0.05) is 41.4 Å². The second-order valence-corrected chi connectivity index (χ2v) is 6.15. The molecule has 5 heteroatoms. The van der Waals surface area contributed by atoms with E-state index in [9.17, 15) is 9.59 Å². The Morgan fingerprint density at radius 2 is 1.87 bits per heavy atom. The molecular formula is C18H17ClN2O2. The van der Waals surface area contributed by atoms with Crippen molar-refractivity contribution in [1.29, 1.82) is 0 Å². The minimum atomic E-state index is -0.569. The highest BCUT2D eigenvalue weighted by molar-refractivity contribution is 6.36. The smallest absolute Gasteiger partial charge is 0.256 e. The van der Waals surface area contributed by atoms with Crippen molar-refractivity contribution < 1.29 is 9.59 Å². The van der Waals surface area contributed by atoms with Gasteiger partial charge in [0.2, 0.25) is 5.91 Å². The van der Waals surface area contributed by atoms with Crippen LogP contribution in [0.15, 0.2) is 42.5 Å². The van der Waals surface area contributed by atoms with Gasteiger partial charge < -0.3 is 5.32 Å². The summed E-state index contributed by atoms with van der Waals surface area (Å²) in [6.07, 6.45) is 0.122. The minimum absolute atomic E-state index is 0.122. The predicted molar refractivity (Wildman–Crippen MR) is 91.9 cm³/mol. The molecule has 0 aromatic heterocycles. The zero-order valence-corrected chi connectivity index (χ0v) is 13.7. The molecule has 1 unspecified atom stereocenters. The van der Waals surface area contributed by atoms with Gasteiger partial charge in [-0.05, 0) is 37.6 Å². The van der Waals surface area contributed by atoms with Crippen molar-refractivity contribution >= 4 is 34.8 Å². The molecule has 1 N–H and O–H groups in total. The zero-order valence-electron chi connectivity index (χ0n) is 13.0. The van der Waals surface area contributed by atoms with Crippen LogP contribution in [0.4, 0.5) is 11.4 Å². The zero-order chi connectivity index (χ0) is 16.6. The van der Waals surface area contributed by atoms with Gasteiger partial charge in [0, 0.05) is 5.69 Å². The Bertz CT molecular complexity index is 788. The minimum Gasteiger partial charge on any atom is -0.373 e. The molecule has 1 atom stereocenters. The third kappa shape index (κ3) is 2.94. The third-order valence-corrected chi connectivity index (χ3v) is 4.27. The quantitative estimate of drug-likeness (QED) is 0.874. The molecule has 2 aromatic carbocycles. The number of hydrogen-bond donors (Lipinski definition) is 1. The molecule has 1 saturated heterocycles. The third-order valence-electron chi connectivity index (χ3n) is 3.95. The number of imide groups is 1. The van der Waals surface area contributed by atoms with Crippen LogP contribution in [0.1, 0.15) is 17.5 Å². The van der Waals surface area contributed by atoms with E-state index in [0.29, 0.717) is 10.7 Å². The normalized spacial score (nSPS) is 17.7. The van der Waals surface area contributed by atoms with E-state index in [0.717, 1.165) is 16.8 Å². The molecular weight excluding hydrogens is 312 g/mol. The molecule has 2 amide bonds. The van der Waals surface area contributed by atoms with Crippen molar-refractivity contribution in [2.45, 2.75) is 26.3 Å². The van der Waals surface area contributed by atoms with Crippen LogP contribution in [-0.2, 0) is 9.59 Å². The van der Waals surface area contributed by atoms with Crippen LogP contribution in [0, 0.1) is 13.8 Å². The molecule has 0 bridgehead atoms. The molecule has 1 aliphatic heterocycles. The van der Waals surface area contributed by atoms with Crippen LogP contribution in [0.5, 0.6) is 0 Å². The fourth-order valence-corrected chi connectivity index (χ4v) is 3.01. The number of carbonyl (C=O) groups excluding carboxylic acids is 2. The van der Waals surface area contributed by atoms with Crippen LogP contribution < -0.4 is 10.2 Å². The first-order valence-corrected chi connectivity index (χ1v) is 7.80. The molecule has 1 aliphatic rings. The Balaban J connectivity index is 1.85. The van der Waals surface area contributed by atoms with E-state index >= 15 is 0 Å². The molecule has 2 aromatic rings. The Labute approximate surface area is 140 Å². The van der Waals surface area contributed by atoms with E-state index in [1.807, 2.05) is 32.0 Å². The molecule has 118 valence electrons. The molecule has 4 nitrogen and oxygen atoms in total. The summed E-state index contributed by atoms with van der Waals surface area (Å²) in [6.45, 7) is 3.99. The van der Waals surface area contributed by atoms with Crippen molar-refractivity contribution in [3.63, 3.8) is 0 Å². The first-order chi connectivity index (χ1) is 11.0. The Kier molecular flexibility index (Phi) is 4.09. The fourth-order valence-electron chi connectivity index (χ4n) is 2.79. The standard InChI is InChI=1S/C18H17ClN2O2/c1-11-7-8-14(12(2)9-11)20-15-10-17(22)21(18(15)23)16-6-4-3-5-13(16)19/h3-9,15,20H,10H2,1-2H3. The maximum Gasteiger partial charge on any atom is 0.256 e. The Morgan fingerprint density at radius 1 is 1.13 bits per heavy atom. The summed E-state index contributed by atoms with van der Waals surface area (Å²) in [5, 5.41) is 3.57. The van der Waals surface area contributed by atoms with Crippen LogP contribution in [0.25, 0.3) is 0 Å². The first kappa shape index (κ1) is 15.6. The summed E-state index contributed by atoms with van der Waals surface area (Å²) in [5.74, 6) is -0.520. The van der Waals surface area contributed by atoms with Crippen molar-refractivity contribution in [3.05, 3.63) is 58.6 Å². The maximum absolute atomic E-state index is 12.6. The lowest BCUT2D eigenvalue weighted by atomic mass is 10.1. The van der Waals surface area contributed by atoms with E-state index < -0.39 is 6.04 Å². The second-order valence-electron chi connectivity index (χ2n) is 5.74. The summed E-state index contributed by atoms with van der Waals surface area (Å²) < 4.78 is 0. The van der Waals surface area contributed by atoms with Gasteiger partial charge in [-0.3, -0.25) is 9.59 Å². The summed E-state index contributed by atoms with van der Waals surface area (Å²) in [4.78, 5) is 26.1. The number of halogens is 1. The fraction of sp³-hybridized carbons (Fsp3) is 0.222. The van der Waals surface area contributed by atoms with E-state index in [1.165, 1.54) is 4.90 Å². The molecule has 0 saturated carbocycles. The lowest BCUT2D eigenvalue weighted by Crippen LogP contribution is -2.35. The molecule has 1 fully saturated rings. The van der Waals surface area contributed by atoms with Gasteiger partial charge in [0.25, 0.3) is 5.91 Å². The molecule has 0 radical (unpaired) electrons. The van der Waals surface area contributed by atoms with E-state index in [1.54, 1.807) is 24.3 Å². The Morgan fingerprint density at radius 3 is 2.57 bits per heavy atom. The molecule has 0 aliphatic carbocycles. The summed E-state index contributed by atoms with van der Waals surface area (Å²) in [6, 6.07) is 12.2. The van der Waals surface area contributed by atoms with Gasteiger partial charge >= 0.3 is 0 Å². The van der Waals surface area contributed by atoms with Crippen molar-refractivity contribution in [2.24, 2.45) is 0 Å². The summed E-state index contributed by atoms with van der Waals surface area (Å²) in [7, 11) is 0. The Hall–Kier alpha value is -2.33. The highest BCUT2D eigenvalue weighted by Gasteiger charge is 2.40. The average molecular weight is 329 g/mol. The topological polar surface area (TPSA) is 49.4 Å². The predicted octanol–water partition coefficient (Wildman–Crippen LogP) is 3.70. The van der Waals surface area contributed by atoms with Crippen LogP contribution >= 0.6 is 11.6 Å². The van der Waals surface area contributed by atoms with Gasteiger partial charge in [-0.15, -0.1) is 0 Å². The lowest BCUT2D eigenvalue weighted by molar-refractivity contribution is -0.121. The number of aryl methyl sites for hydroxylation is 2. The molecule has 0 spiro atoms. The number of anilines is 2. The summed E-state index contributed by atoms with van der Waals surface area (Å²) >= 11 is 6.12. The average Bonchev–Trinajstić information content (AvgIpc) is 2.77. The van der Waals surface area contributed by atoms with Gasteiger partial charge in [0.15, 0.2) is 0 Å². The van der Waals surface area contributed by atoms with Crippen molar-refractivity contribution in [2.75, 3.05) is 10.2 Å². The first-order valence-electron chi connectivity index (χ1n) is 7.42. The second kappa shape index (κ2) is 6.05. The number of rotatable bonds is 3. The SMILES string of the molecule is Cc1ccc(NC2CC(=O)N(c3ccccc3Cl)C2=O)c(C)c1. The largest absolute Gasteiger partial charge is 0.373 e. The lowest BCUT2D eigenvalue weighted by Gasteiger charge is -2.18. The van der Waals surface area contributed by atoms with Crippen LogP contribution in [-0.4, -0.2) is 17.9 Å². The number of carbonyl (C=O) groups is 2. The van der Waals surface area contributed by atoms with Crippen molar-refractivity contribution in [3.8, 4) is 0 Å². The van der Waals surface area contributed by atoms with Gasteiger partial charge in [0.1, 0.15) is 6.04 Å². The van der Waals surface area contributed by atoms with Crippen molar-refractivity contribution in [1.82, 2.24) is 0 Å². The summed E-state index contributed by atoms with van der Waals surface area (Å²) in [5.41, 5.74) is 3.50. The van der Waals surface area contributed by atoms with E-state index in [2.05, 4.69) is 5.32 Å². The van der Waals surface area contributed by atoms with E-state index in [4.69, 9.17) is 11.6 Å².